The lowest BCUT2D eigenvalue weighted by Gasteiger charge is -2.18. The second kappa shape index (κ2) is 5.11. The third kappa shape index (κ3) is 2.27. The molecule has 0 saturated carbocycles. The molecule has 0 aromatic heterocycles. The molecule has 0 amide bonds. The fourth-order valence-electron chi connectivity index (χ4n) is 2.52. The zero-order chi connectivity index (χ0) is 13.2. The van der Waals surface area contributed by atoms with Crippen molar-refractivity contribution in [2.75, 3.05) is 33.9 Å². The fraction of sp³-hybridized carbons (Fsp3) is 0.429. The Bertz CT molecular complexity index is 513. The van der Waals surface area contributed by atoms with Gasteiger partial charge in [0.1, 0.15) is 5.75 Å². The van der Waals surface area contributed by atoms with E-state index in [4.69, 9.17) is 14.2 Å². The van der Waals surface area contributed by atoms with Crippen LogP contribution in [0.4, 0.5) is 0 Å². The number of hydrogen-bond acceptors (Lipinski definition) is 5. The Morgan fingerprint density at radius 1 is 1.05 bits per heavy atom. The van der Waals surface area contributed by atoms with Crippen molar-refractivity contribution in [3.8, 4) is 17.2 Å². The van der Waals surface area contributed by atoms with Gasteiger partial charge in [-0.15, -0.1) is 0 Å². The minimum atomic E-state index is -0.0388. The molecule has 2 aliphatic rings. The van der Waals surface area contributed by atoms with Gasteiger partial charge in [0.2, 0.25) is 0 Å². The molecule has 0 radical (unpaired) electrons. The molecular formula is C14H18N2O3. The molecule has 1 unspecified atom stereocenters. The number of rotatable bonds is 4. The van der Waals surface area contributed by atoms with Gasteiger partial charge < -0.3 is 19.5 Å². The van der Waals surface area contributed by atoms with Crippen molar-refractivity contribution in [2.24, 2.45) is 0 Å². The molecule has 1 aromatic rings. The maximum atomic E-state index is 5.99. The van der Waals surface area contributed by atoms with Gasteiger partial charge in [-0.25, -0.2) is 0 Å². The van der Waals surface area contributed by atoms with Crippen LogP contribution in [0.5, 0.6) is 17.2 Å². The molecule has 0 spiro atoms. The Morgan fingerprint density at radius 2 is 1.89 bits per heavy atom. The highest BCUT2D eigenvalue weighted by Gasteiger charge is 2.29. The van der Waals surface area contributed by atoms with Crippen LogP contribution in [0.2, 0.25) is 0 Å². The van der Waals surface area contributed by atoms with E-state index in [1.165, 1.54) is 11.1 Å². The molecule has 19 heavy (non-hydrogen) atoms. The monoisotopic (exact) mass is 262 g/mol. The Kier molecular flexibility index (Phi) is 3.31. The van der Waals surface area contributed by atoms with Gasteiger partial charge in [-0.1, -0.05) is 0 Å². The summed E-state index contributed by atoms with van der Waals surface area (Å²) < 4.78 is 16.5. The van der Waals surface area contributed by atoms with E-state index in [-0.39, 0.29) is 6.23 Å². The van der Waals surface area contributed by atoms with Crippen molar-refractivity contribution in [1.29, 1.82) is 0 Å². The normalized spacial score (nSPS) is 21.5. The molecule has 1 atom stereocenters. The standard InChI is InChI=1S/C14H18N2O3/c1-17-12-4-3-10(5-13(12)18-2)19-14-11-8-15-6-9(11)7-16-14/h3-5,14-16H,6-8H2,1-2H3. The number of hydrogen-bond donors (Lipinski definition) is 2. The van der Waals surface area contributed by atoms with E-state index in [1.54, 1.807) is 14.2 Å². The highest BCUT2D eigenvalue weighted by Crippen LogP contribution is 2.32. The smallest absolute Gasteiger partial charge is 0.174 e. The first-order valence-corrected chi connectivity index (χ1v) is 6.35. The second-order valence-electron chi connectivity index (χ2n) is 4.63. The van der Waals surface area contributed by atoms with E-state index >= 15 is 0 Å². The molecular weight excluding hydrogens is 244 g/mol. The topological polar surface area (TPSA) is 51.8 Å². The Labute approximate surface area is 112 Å². The lowest BCUT2D eigenvalue weighted by Crippen LogP contribution is -2.34. The molecule has 2 N–H and O–H groups in total. The molecule has 5 heteroatoms. The van der Waals surface area contributed by atoms with Crippen LogP contribution >= 0.6 is 0 Å². The summed E-state index contributed by atoms with van der Waals surface area (Å²) in [7, 11) is 3.25. The van der Waals surface area contributed by atoms with Gasteiger partial charge in [0, 0.05) is 31.3 Å². The van der Waals surface area contributed by atoms with Crippen molar-refractivity contribution in [3.63, 3.8) is 0 Å². The summed E-state index contributed by atoms with van der Waals surface area (Å²) in [6.45, 7) is 2.77. The highest BCUT2D eigenvalue weighted by molar-refractivity contribution is 5.46. The first-order chi connectivity index (χ1) is 9.31. The summed E-state index contributed by atoms with van der Waals surface area (Å²) in [6, 6.07) is 5.59. The summed E-state index contributed by atoms with van der Waals surface area (Å²) in [5.74, 6) is 2.16. The van der Waals surface area contributed by atoms with Crippen molar-refractivity contribution in [3.05, 3.63) is 29.3 Å². The van der Waals surface area contributed by atoms with Gasteiger partial charge in [0.15, 0.2) is 17.7 Å². The number of benzene rings is 1. The lowest BCUT2D eigenvalue weighted by atomic mass is 10.2. The van der Waals surface area contributed by atoms with Gasteiger partial charge in [-0.2, -0.15) is 0 Å². The molecule has 3 rings (SSSR count). The third-order valence-electron chi connectivity index (χ3n) is 3.53. The van der Waals surface area contributed by atoms with Gasteiger partial charge in [-0.3, -0.25) is 5.32 Å². The lowest BCUT2D eigenvalue weighted by molar-refractivity contribution is 0.210. The average Bonchev–Trinajstić information content (AvgIpc) is 3.03. The Morgan fingerprint density at radius 3 is 2.68 bits per heavy atom. The molecule has 0 aliphatic carbocycles. The van der Waals surface area contributed by atoms with Crippen molar-refractivity contribution >= 4 is 0 Å². The van der Waals surface area contributed by atoms with Crippen molar-refractivity contribution in [1.82, 2.24) is 10.6 Å². The Balaban J connectivity index is 1.77. The van der Waals surface area contributed by atoms with Crippen LogP contribution in [0.15, 0.2) is 29.3 Å². The van der Waals surface area contributed by atoms with Crippen LogP contribution in [-0.4, -0.2) is 40.1 Å². The number of methoxy groups -OCH3 is 2. The molecule has 2 aliphatic heterocycles. The van der Waals surface area contributed by atoms with Crippen LogP contribution in [0, 0.1) is 0 Å². The first-order valence-electron chi connectivity index (χ1n) is 6.35. The number of nitrogens with one attached hydrogen (secondary N) is 2. The zero-order valence-electron chi connectivity index (χ0n) is 11.2. The average molecular weight is 262 g/mol. The van der Waals surface area contributed by atoms with E-state index in [0.717, 1.165) is 25.4 Å². The minimum absolute atomic E-state index is 0.0388. The maximum Gasteiger partial charge on any atom is 0.174 e. The van der Waals surface area contributed by atoms with Crippen molar-refractivity contribution < 1.29 is 14.2 Å². The van der Waals surface area contributed by atoms with Crippen LogP contribution < -0.4 is 24.8 Å². The molecule has 0 bridgehead atoms. The second-order valence-corrected chi connectivity index (χ2v) is 4.63. The summed E-state index contributed by atoms with van der Waals surface area (Å²) in [5.41, 5.74) is 2.75. The molecule has 0 saturated heterocycles. The van der Waals surface area contributed by atoms with E-state index in [2.05, 4.69) is 10.6 Å². The van der Waals surface area contributed by atoms with E-state index in [1.807, 2.05) is 18.2 Å². The van der Waals surface area contributed by atoms with Gasteiger partial charge >= 0.3 is 0 Å². The molecule has 1 aromatic carbocycles. The minimum Gasteiger partial charge on any atom is -0.493 e. The zero-order valence-corrected chi connectivity index (χ0v) is 11.2. The maximum absolute atomic E-state index is 5.99. The third-order valence-corrected chi connectivity index (χ3v) is 3.53. The summed E-state index contributed by atoms with van der Waals surface area (Å²) in [5, 5.41) is 6.71. The largest absolute Gasteiger partial charge is 0.493 e. The van der Waals surface area contributed by atoms with E-state index in [9.17, 15) is 0 Å². The van der Waals surface area contributed by atoms with Gasteiger partial charge in [-0.05, 0) is 17.7 Å². The summed E-state index contributed by atoms with van der Waals surface area (Å²) in [6.07, 6.45) is -0.0388. The summed E-state index contributed by atoms with van der Waals surface area (Å²) >= 11 is 0. The highest BCUT2D eigenvalue weighted by atomic mass is 16.5. The fourth-order valence-corrected chi connectivity index (χ4v) is 2.52. The molecule has 0 fully saturated rings. The van der Waals surface area contributed by atoms with Gasteiger partial charge in [0.25, 0.3) is 0 Å². The van der Waals surface area contributed by atoms with Crippen LogP contribution in [0.25, 0.3) is 0 Å². The molecule has 102 valence electrons. The van der Waals surface area contributed by atoms with E-state index < -0.39 is 0 Å². The first kappa shape index (κ1) is 12.3. The molecule has 5 nitrogen and oxygen atoms in total. The SMILES string of the molecule is COc1ccc(OC2NCC3=C2CNC3)cc1OC. The van der Waals surface area contributed by atoms with Gasteiger partial charge in [0.05, 0.1) is 14.2 Å². The Hall–Kier alpha value is -1.72. The van der Waals surface area contributed by atoms with Crippen LogP contribution in [0.1, 0.15) is 0 Å². The van der Waals surface area contributed by atoms with Crippen LogP contribution in [-0.2, 0) is 0 Å². The predicted molar refractivity (Wildman–Crippen MR) is 71.9 cm³/mol. The van der Waals surface area contributed by atoms with Crippen LogP contribution in [0.3, 0.4) is 0 Å². The number of ether oxygens (including phenoxy) is 3. The van der Waals surface area contributed by atoms with Crippen molar-refractivity contribution in [2.45, 2.75) is 6.23 Å². The molecule has 2 heterocycles. The van der Waals surface area contributed by atoms with E-state index in [0.29, 0.717) is 11.5 Å². The predicted octanol–water partition coefficient (Wildman–Crippen LogP) is 0.912. The quantitative estimate of drug-likeness (QED) is 0.790. The summed E-state index contributed by atoms with van der Waals surface area (Å²) in [4.78, 5) is 0.